The first-order valence-corrected chi connectivity index (χ1v) is 12.9. The summed E-state index contributed by atoms with van der Waals surface area (Å²) in [4.78, 5) is 31.7. The fourth-order valence-electron chi connectivity index (χ4n) is 5.98. The zero-order valence-electron chi connectivity index (χ0n) is 21.2. The lowest BCUT2D eigenvalue weighted by molar-refractivity contribution is -0.143. The first kappa shape index (κ1) is 25.9. The van der Waals surface area contributed by atoms with Crippen LogP contribution in [0.15, 0.2) is 30.7 Å². The topological polar surface area (TPSA) is 88.8 Å². The minimum atomic E-state index is -0.219. The maximum Gasteiger partial charge on any atom is 0.233 e. The lowest BCUT2D eigenvalue weighted by Crippen LogP contribution is -2.35. The molecule has 8 nitrogen and oxygen atoms in total. The lowest BCUT2D eigenvalue weighted by Gasteiger charge is -2.24. The fraction of sp³-hybridized carbons (Fsp3) is 0.481. The SMILES string of the molecule is Cc1cc(Cl)cc(-c2ncnn3cc(CN4C(=O)C5C(C4=O)C5(C)C)cc23)c1OC[C@@H]1CCCNC1.Cl. The number of nitrogens with one attached hydrogen (secondary N) is 1. The molecule has 0 spiro atoms. The van der Waals surface area contributed by atoms with Crippen LogP contribution in [0.4, 0.5) is 0 Å². The van der Waals surface area contributed by atoms with Crippen molar-refractivity contribution < 1.29 is 14.3 Å². The van der Waals surface area contributed by atoms with Gasteiger partial charge in [-0.2, -0.15) is 5.10 Å². The van der Waals surface area contributed by atoms with Crippen LogP contribution in [0.5, 0.6) is 5.75 Å². The molecule has 1 aromatic carbocycles. The Balaban J connectivity index is 0.00000280. The number of carbonyl (C=O) groups excluding carboxylic acids is 2. The summed E-state index contributed by atoms with van der Waals surface area (Å²) in [5.41, 5.74) is 3.82. The second kappa shape index (κ2) is 9.57. The summed E-state index contributed by atoms with van der Waals surface area (Å²) >= 11 is 6.47. The molecule has 2 aliphatic heterocycles. The standard InChI is InChI=1S/C27H30ClN5O3.ClH/c1-15-7-18(28)9-19(24(15)36-13-16-5-4-6-29-10-16)23-20-8-17(12-33(20)31-14-30-23)11-32-25(34)21-22(26(32)35)27(21,2)3;/h7-9,12,14,16,21-22,29H,4-6,10-11,13H2,1-3H3;1H/t16-,21?,22?;/m1./s1. The van der Waals surface area contributed by atoms with Gasteiger partial charge in [-0.1, -0.05) is 25.4 Å². The summed E-state index contributed by atoms with van der Waals surface area (Å²) in [5.74, 6) is 0.695. The van der Waals surface area contributed by atoms with Crippen molar-refractivity contribution in [2.24, 2.45) is 23.2 Å². The Morgan fingerprint density at radius 3 is 2.65 bits per heavy atom. The first-order valence-electron chi connectivity index (χ1n) is 12.6. The highest BCUT2D eigenvalue weighted by Crippen LogP contribution is 2.63. The van der Waals surface area contributed by atoms with Gasteiger partial charge in [0.1, 0.15) is 17.8 Å². The molecule has 1 N–H and O–H groups in total. The number of imide groups is 1. The normalized spacial score (nSPS) is 24.2. The van der Waals surface area contributed by atoms with Crippen molar-refractivity contribution in [3.8, 4) is 17.0 Å². The maximum atomic E-state index is 12.8. The number of benzene rings is 1. The molecular weight excluding hydrogens is 513 g/mol. The van der Waals surface area contributed by atoms with Crippen molar-refractivity contribution in [3.63, 3.8) is 0 Å². The third-order valence-corrected chi connectivity index (χ3v) is 8.27. The molecule has 2 unspecified atom stereocenters. The second-order valence-electron chi connectivity index (χ2n) is 10.9. The van der Waals surface area contributed by atoms with Crippen molar-refractivity contribution in [2.75, 3.05) is 19.7 Å². The zero-order valence-corrected chi connectivity index (χ0v) is 22.7. The number of amides is 2. The summed E-state index contributed by atoms with van der Waals surface area (Å²) in [6.45, 7) is 8.83. The van der Waals surface area contributed by atoms with Gasteiger partial charge in [0.15, 0.2) is 0 Å². The van der Waals surface area contributed by atoms with Crippen LogP contribution in [0.3, 0.4) is 0 Å². The average molecular weight is 544 g/mol. The Morgan fingerprint density at radius 2 is 1.95 bits per heavy atom. The molecule has 0 bridgehead atoms. The third-order valence-electron chi connectivity index (χ3n) is 8.05. The monoisotopic (exact) mass is 543 g/mol. The van der Waals surface area contributed by atoms with E-state index >= 15 is 0 Å². The van der Waals surface area contributed by atoms with Gasteiger partial charge < -0.3 is 10.1 Å². The number of aromatic nitrogens is 3. The van der Waals surface area contributed by atoms with Crippen LogP contribution in [0.25, 0.3) is 16.8 Å². The van der Waals surface area contributed by atoms with Crippen molar-refractivity contribution in [1.29, 1.82) is 0 Å². The third kappa shape index (κ3) is 4.39. The number of rotatable bonds is 6. The number of aryl methyl sites for hydroxylation is 1. The maximum absolute atomic E-state index is 12.8. The predicted octanol–water partition coefficient (Wildman–Crippen LogP) is 4.30. The number of nitrogens with zero attached hydrogens (tertiary/aromatic N) is 4. The van der Waals surface area contributed by atoms with Crippen molar-refractivity contribution in [2.45, 2.75) is 40.2 Å². The van der Waals surface area contributed by atoms with E-state index in [0.29, 0.717) is 23.2 Å². The molecule has 3 aromatic rings. The smallest absolute Gasteiger partial charge is 0.233 e. The number of likely N-dealkylation sites (tertiary alicyclic amines) is 1. The van der Waals surface area contributed by atoms with Crippen LogP contribution in [0.2, 0.25) is 5.02 Å². The van der Waals surface area contributed by atoms with E-state index in [1.165, 1.54) is 11.2 Å². The van der Waals surface area contributed by atoms with Gasteiger partial charge in [-0.3, -0.25) is 14.5 Å². The Labute approximate surface area is 227 Å². The molecule has 10 heteroatoms. The van der Waals surface area contributed by atoms with Crippen LogP contribution in [0.1, 0.15) is 37.8 Å². The van der Waals surface area contributed by atoms with Gasteiger partial charge in [-0.15, -0.1) is 12.4 Å². The van der Waals surface area contributed by atoms with Crippen LogP contribution in [-0.4, -0.2) is 51.0 Å². The van der Waals surface area contributed by atoms with E-state index < -0.39 is 0 Å². The van der Waals surface area contributed by atoms with Crippen molar-refractivity contribution in [3.05, 3.63) is 46.9 Å². The summed E-state index contributed by atoms with van der Waals surface area (Å²) in [7, 11) is 0. The van der Waals surface area contributed by atoms with Gasteiger partial charge in [0.25, 0.3) is 0 Å². The minimum absolute atomic E-state index is 0. The Morgan fingerprint density at radius 1 is 1.19 bits per heavy atom. The van der Waals surface area contributed by atoms with Gasteiger partial charge in [0.2, 0.25) is 11.8 Å². The molecule has 3 atom stereocenters. The van der Waals surface area contributed by atoms with E-state index in [9.17, 15) is 9.59 Å². The Bertz CT molecular complexity index is 1360. The average Bonchev–Trinajstić information content (AvgIpc) is 3.10. The molecule has 3 aliphatic rings. The molecular formula is C27H31Cl2N5O3. The fourth-order valence-corrected chi connectivity index (χ4v) is 6.26. The number of ether oxygens (including phenoxy) is 1. The van der Waals surface area contributed by atoms with Crippen LogP contribution >= 0.6 is 24.0 Å². The van der Waals surface area contributed by atoms with Gasteiger partial charge in [-0.25, -0.2) is 9.50 Å². The molecule has 6 rings (SSSR count). The van der Waals surface area contributed by atoms with Crippen molar-refractivity contribution in [1.82, 2.24) is 24.8 Å². The van der Waals surface area contributed by atoms with E-state index in [2.05, 4.69) is 15.4 Å². The molecule has 3 fully saturated rings. The predicted molar refractivity (Wildman–Crippen MR) is 143 cm³/mol. The second-order valence-corrected chi connectivity index (χ2v) is 11.4. The molecule has 1 aliphatic carbocycles. The highest BCUT2D eigenvalue weighted by atomic mass is 35.5. The van der Waals surface area contributed by atoms with Gasteiger partial charge in [0, 0.05) is 29.2 Å². The number of piperidine rings is 2. The first-order chi connectivity index (χ1) is 17.3. The quantitative estimate of drug-likeness (QED) is 0.466. The minimum Gasteiger partial charge on any atom is -0.492 e. The van der Waals surface area contributed by atoms with Crippen molar-refractivity contribution >= 4 is 41.3 Å². The van der Waals surface area contributed by atoms with Crippen LogP contribution in [0, 0.1) is 30.1 Å². The van der Waals surface area contributed by atoms with E-state index in [4.69, 9.17) is 16.3 Å². The molecule has 2 saturated heterocycles. The summed E-state index contributed by atoms with van der Waals surface area (Å²) in [6, 6.07) is 5.72. The van der Waals surface area contributed by atoms with E-state index in [1.807, 2.05) is 45.2 Å². The molecule has 0 radical (unpaired) electrons. The highest BCUT2D eigenvalue weighted by Gasteiger charge is 2.72. The van der Waals surface area contributed by atoms with Crippen LogP contribution in [-0.2, 0) is 16.1 Å². The van der Waals surface area contributed by atoms with Gasteiger partial charge >= 0.3 is 0 Å². The summed E-state index contributed by atoms with van der Waals surface area (Å²) in [6.07, 6.45) is 5.64. The number of hydrogen-bond acceptors (Lipinski definition) is 6. The molecule has 196 valence electrons. The van der Waals surface area contributed by atoms with E-state index in [-0.39, 0.29) is 48.0 Å². The number of fused-ring (bicyclic) bond motifs is 2. The Hall–Kier alpha value is -2.68. The van der Waals surface area contributed by atoms with Crippen LogP contribution < -0.4 is 10.1 Å². The largest absolute Gasteiger partial charge is 0.492 e. The van der Waals surface area contributed by atoms with E-state index in [0.717, 1.165) is 53.9 Å². The van der Waals surface area contributed by atoms with Gasteiger partial charge in [-0.05, 0) is 61.1 Å². The number of halogens is 2. The molecule has 4 heterocycles. The molecule has 1 saturated carbocycles. The molecule has 2 amide bonds. The number of hydrogen-bond donors (Lipinski definition) is 1. The number of carbonyl (C=O) groups is 2. The zero-order chi connectivity index (χ0) is 25.2. The van der Waals surface area contributed by atoms with E-state index in [1.54, 1.807) is 4.52 Å². The molecule has 37 heavy (non-hydrogen) atoms. The Kier molecular flexibility index (Phi) is 6.71. The lowest BCUT2D eigenvalue weighted by atomic mass is 10.0. The summed E-state index contributed by atoms with van der Waals surface area (Å²) in [5, 5.41) is 8.42. The summed E-state index contributed by atoms with van der Waals surface area (Å²) < 4.78 is 8.11. The highest BCUT2D eigenvalue weighted by molar-refractivity contribution is 6.31. The van der Waals surface area contributed by atoms with Gasteiger partial charge in [0.05, 0.1) is 30.5 Å². The molecule has 2 aromatic heterocycles.